The Kier molecular flexibility index (Phi) is 6.25. The molecule has 0 saturated carbocycles. The average molecular weight is 394 g/mol. The first-order valence-electron chi connectivity index (χ1n) is 7.36. The molecule has 0 radical (unpaired) electrons. The maximum absolute atomic E-state index is 11.9. The van der Waals surface area contributed by atoms with Gasteiger partial charge in [0.25, 0.3) is 17.2 Å². The van der Waals surface area contributed by atoms with Crippen LogP contribution in [-0.2, 0) is 6.54 Å². The highest BCUT2D eigenvalue weighted by Crippen LogP contribution is 2.10. The molecule has 1 N–H and O–H groups in total. The zero-order valence-corrected chi connectivity index (χ0v) is 14.4. The van der Waals surface area contributed by atoms with Crippen LogP contribution >= 0.6 is 15.9 Å². The Balaban J connectivity index is 1.78. The first-order valence-corrected chi connectivity index (χ1v) is 8.15. The monoisotopic (exact) mass is 393 g/mol. The lowest BCUT2D eigenvalue weighted by atomic mass is 10.2. The molecule has 1 aromatic carbocycles. The fraction of sp³-hybridized carbons (Fsp3) is 0.250. The minimum atomic E-state index is -0.533. The van der Waals surface area contributed by atoms with E-state index in [-0.39, 0.29) is 17.2 Å². The van der Waals surface area contributed by atoms with Gasteiger partial charge < -0.3 is 9.88 Å². The number of hydrogen-bond acceptors (Lipinski definition) is 4. The van der Waals surface area contributed by atoms with Crippen LogP contribution < -0.4 is 10.9 Å². The number of aryl methyl sites for hydroxylation is 1. The molecule has 0 aliphatic carbocycles. The van der Waals surface area contributed by atoms with Crippen molar-refractivity contribution in [3.05, 3.63) is 73.1 Å². The van der Waals surface area contributed by atoms with Gasteiger partial charge in [0.15, 0.2) is 0 Å². The van der Waals surface area contributed by atoms with Gasteiger partial charge in [0.1, 0.15) is 0 Å². The highest BCUT2D eigenvalue weighted by atomic mass is 79.9. The molecule has 1 heterocycles. The van der Waals surface area contributed by atoms with Crippen molar-refractivity contribution >= 4 is 27.5 Å². The molecule has 0 spiro atoms. The maximum Gasteiger partial charge on any atom is 0.285 e. The summed E-state index contributed by atoms with van der Waals surface area (Å²) in [6.07, 6.45) is 2.53. The highest BCUT2D eigenvalue weighted by Gasteiger charge is 2.08. The van der Waals surface area contributed by atoms with Crippen molar-refractivity contribution in [2.24, 2.45) is 0 Å². The number of amides is 1. The van der Waals surface area contributed by atoms with Crippen LogP contribution in [0.5, 0.6) is 0 Å². The van der Waals surface area contributed by atoms with Crippen LogP contribution in [0.3, 0.4) is 0 Å². The SMILES string of the molecule is O=C(NCCCCn1cc([N+](=O)[O-])ccc1=O)c1ccc(Br)cc1. The smallest absolute Gasteiger partial charge is 0.285 e. The van der Waals surface area contributed by atoms with Crippen LogP contribution in [0.25, 0.3) is 0 Å². The second-order valence-electron chi connectivity index (χ2n) is 5.15. The Labute approximate surface area is 146 Å². The molecule has 0 atom stereocenters. The fourth-order valence-corrected chi connectivity index (χ4v) is 2.38. The lowest BCUT2D eigenvalue weighted by Crippen LogP contribution is -2.25. The second kappa shape index (κ2) is 8.39. The zero-order valence-electron chi connectivity index (χ0n) is 12.8. The highest BCUT2D eigenvalue weighted by molar-refractivity contribution is 9.10. The van der Waals surface area contributed by atoms with Crippen molar-refractivity contribution < 1.29 is 9.72 Å². The number of benzene rings is 1. The van der Waals surface area contributed by atoms with E-state index in [1.807, 2.05) is 0 Å². The molecule has 2 rings (SSSR count). The van der Waals surface area contributed by atoms with Crippen LogP contribution in [0.15, 0.2) is 51.9 Å². The number of unbranched alkanes of at least 4 members (excludes halogenated alkanes) is 1. The van der Waals surface area contributed by atoms with Crippen molar-refractivity contribution in [1.29, 1.82) is 0 Å². The standard InChI is InChI=1S/C16H16BrN3O4/c17-13-5-3-12(4-6-13)16(22)18-9-1-2-10-19-11-14(20(23)24)7-8-15(19)21/h3-8,11H,1-2,9-10H2,(H,18,22). The number of nitrogens with zero attached hydrogens (tertiary/aromatic N) is 2. The van der Waals surface area contributed by atoms with E-state index in [1.165, 1.54) is 22.9 Å². The molecule has 7 nitrogen and oxygen atoms in total. The van der Waals surface area contributed by atoms with Crippen LogP contribution in [-0.4, -0.2) is 21.9 Å². The van der Waals surface area contributed by atoms with Gasteiger partial charge in [-0.15, -0.1) is 0 Å². The molecule has 0 saturated heterocycles. The van der Waals surface area contributed by atoms with E-state index in [9.17, 15) is 19.7 Å². The zero-order chi connectivity index (χ0) is 17.5. The molecule has 0 aliphatic heterocycles. The molecule has 126 valence electrons. The number of rotatable bonds is 7. The summed E-state index contributed by atoms with van der Waals surface area (Å²) in [7, 11) is 0. The lowest BCUT2D eigenvalue weighted by Gasteiger charge is -2.07. The largest absolute Gasteiger partial charge is 0.352 e. The number of hydrogen-bond donors (Lipinski definition) is 1. The molecule has 0 bridgehead atoms. The van der Waals surface area contributed by atoms with Gasteiger partial charge in [0.05, 0.1) is 11.1 Å². The quantitative estimate of drug-likeness (QED) is 0.444. The van der Waals surface area contributed by atoms with Crippen molar-refractivity contribution in [3.8, 4) is 0 Å². The Morgan fingerprint density at radius 1 is 1.17 bits per heavy atom. The summed E-state index contributed by atoms with van der Waals surface area (Å²) in [5.74, 6) is -0.157. The number of nitro groups is 1. The van der Waals surface area contributed by atoms with Gasteiger partial charge in [-0.1, -0.05) is 15.9 Å². The van der Waals surface area contributed by atoms with Crippen LogP contribution in [0, 0.1) is 10.1 Å². The van der Waals surface area contributed by atoms with E-state index >= 15 is 0 Å². The van der Waals surface area contributed by atoms with Crippen molar-refractivity contribution in [2.75, 3.05) is 6.54 Å². The third-order valence-electron chi connectivity index (χ3n) is 3.40. The molecule has 24 heavy (non-hydrogen) atoms. The topological polar surface area (TPSA) is 94.2 Å². The first kappa shape index (κ1) is 17.9. The summed E-state index contributed by atoms with van der Waals surface area (Å²) in [4.78, 5) is 33.7. The molecular formula is C16H16BrN3O4. The molecule has 8 heteroatoms. The predicted octanol–water partition coefficient (Wildman–Crippen LogP) is 2.73. The van der Waals surface area contributed by atoms with Gasteiger partial charge in [0.2, 0.25) is 0 Å². The number of carbonyl (C=O) groups is 1. The molecule has 1 aromatic heterocycles. The summed E-state index contributed by atoms with van der Waals surface area (Å²) in [5, 5.41) is 13.5. The van der Waals surface area contributed by atoms with E-state index < -0.39 is 4.92 Å². The summed E-state index contributed by atoms with van der Waals surface area (Å²) in [6, 6.07) is 9.42. The number of aromatic nitrogens is 1. The summed E-state index contributed by atoms with van der Waals surface area (Å²) < 4.78 is 2.22. The van der Waals surface area contributed by atoms with Gasteiger partial charge in [-0.05, 0) is 37.1 Å². The number of pyridine rings is 1. The minimum absolute atomic E-state index is 0.113. The third-order valence-corrected chi connectivity index (χ3v) is 3.93. The third kappa shape index (κ3) is 5.02. The Morgan fingerprint density at radius 3 is 2.54 bits per heavy atom. The number of nitrogens with one attached hydrogen (secondary N) is 1. The first-order chi connectivity index (χ1) is 11.5. The molecule has 0 unspecified atom stereocenters. The predicted molar refractivity (Wildman–Crippen MR) is 93.1 cm³/mol. The van der Waals surface area contributed by atoms with Gasteiger partial charge in [-0.3, -0.25) is 19.7 Å². The summed E-state index contributed by atoms with van der Waals surface area (Å²) in [5.41, 5.74) is 0.186. The fourth-order valence-electron chi connectivity index (χ4n) is 2.11. The average Bonchev–Trinajstić information content (AvgIpc) is 2.56. The molecular weight excluding hydrogens is 378 g/mol. The normalized spacial score (nSPS) is 10.4. The summed E-state index contributed by atoms with van der Waals surface area (Å²) >= 11 is 3.31. The van der Waals surface area contributed by atoms with Gasteiger partial charge in [-0.2, -0.15) is 0 Å². The number of halogens is 1. The van der Waals surface area contributed by atoms with Gasteiger partial charge >= 0.3 is 0 Å². The van der Waals surface area contributed by atoms with Crippen LogP contribution in [0.4, 0.5) is 5.69 Å². The van der Waals surface area contributed by atoms with Crippen molar-refractivity contribution in [3.63, 3.8) is 0 Å². The second-order valence-corrected chi connectivity index (χ2v) is 6.06. The van der Waals surface area contributed by atoms with Crippen molar-refractivity contribution in [2.45, 2.75) is 19.4 Å². The van der Waals surface area contributed by atoms with Crippen LogP contribution in [0.1, 0.15) is 23.2 Å². The number of carbonyl (C=O) groups excluding carboxylic acids is 1. The van der Waals surface area contributed by atoms with Gasteiger partial charge in [-0.25, -0.2) is 0 Å². The Hall–Kier alpha value is -2.48. The molecule has 2 aromatic rings. The van der Waals surface area contributed by atoms with E-state index in [1.54, 1.807) is 24.3 Å². The Bertz CT molecular complexity index is 787. The van der Waals surface area contributed by atoms with Crippen LogP contribution in [0.2, 0.25) is 0 Å². The molecule has 1 amide bonds. The maximum atomic E-state index is 11.9. The van der Waals surface area contributed by atoms with Crippen molar-refractivity contribution in [1.82, 2.24) is 9.88 Å². The van der Waals surface area contributed by atoms with Gasteiger partial charge in [0, 0.05) is 35.3 Å². The molecule has 0 fully saturated rings. The van der Waals surface area contributed by atoms with E-state index in [0.717, 1.165) is 4.47 Å². The minimum Gasteiger partial charge on any atom is -0.352 e. The van der Waals surface area contributed by atoms with E-state index in [4.69, 9.17) is 0 Å². The lowest BCUT2D eigenvalue weighted by molar-refractivity contribution is -0.385. The summed E-state index contributed by atoms with van der Waals surface area (Å²) in [6.45, 7) is 0.841. The molecule has 0 aliphatic rings. The van der Waals surface area contributed by atoms with E-state index in [2.05, 4.69) is 21.2 Å². The Morgan fingerprint density at radius 2 is 1.88 bits per heavy atom. The van der Waals surface area contributed by atoms with E-state index in [0.29, 0.717) is 31.5 Å².